The number of hydrogen-bond acceptors (Lipinski definition) is 3. The molecular weight excluding hydrogens is 348 g/mol. The van der Waals surface area contributed by atoms with E-state index in [1.54, 1.807) is 6.07 Å². The first kappa shape index (κ1) is 18.5. The highest BCUT2D eigenvalue weighted by Crippen LogP contribution is 2.35. The van der Waals surface area contributed by atoms with Gasteiger partial charge in [-0.05, 0) is 41.7 Å². The number of carbonyl (C=O) groups excluding carboxylic acids is 1. The summed E-state index contributed by atoms with van der Waals surface area (Å²) in [4.78, 5) is 12.6. The van der Waals surface area contributed by atoms with E-state index in [0.717, 1.165) is 5.56 Å². The Bertz CT molecular complexity index is 905. The third kappa shape index (κ3) is 3.75. The molecule has 0 radical (unpaired) electrons. The van der Waals surface area contributed by atoms with E-state index < -0.39 is 10.0 Å². The lowest BCUT2D eigenvalue weighted by molar-refractivity contribution is 0.0934. The first-order chi connectivity index (χ1) is 12.3. The molecule has 1 aliphatic heterocycles. The fourth-order valence-electron chi connectivity index (χ4n) is 3.29. The number of para-hydroxylation sites is 1. The zero-order valence-electron chi connectivity index (χ0n) is 15.3. The van der Waals surface area contributed by atoms with Crippen LogP contribution in [0.4, 0.5) is 5.69 Å². The summed E-state index contributed by atoms with van der Waals surface area (Å²) < 4.78 is 25.5. The fourth-order valence-corrected chi connectivity index (χ4v) is 4.25. The van der Waals surface area contributed by atoms with E-state index in [0.29, 0.717) is 30.1 Å². The van der Waals surface area contributed by atoms with Gasteiger partial charge in [0.15, 0.2) is 0 Å². The number of anilines is 1. The van der Waals surface area contributed by atoms with Crippen LogP contribution in [0.1, 0.15) is 53.7 Å². The van der Waals surface area contributed by atoms with Gasteiger partial charge >= 0.3 is 0 Å². The average Bonchev–Trinajstić information content (AvgIpc) is 2.61. The van der Waals surface area contributed by atoms with Gasteiger partial charge in [-0.3, -0.25) is 9.10 Å². The molecule has 0 fully saturated rings. The molecule has 1 unspecified atom stereocenters. The maximum Gasteiger partial charge on any atom is 0.251 e. The predicted octanol–water partition coefficient (Wildman–Crippen LogP) is 3.45. The van der Waals surface area contributed by atoms with Crippen molar-refractivity contribution in [2.24, 2.45) is 0 Å². The van der Waals surface area contributed by atoms with Gasteiger partial charge in [0.05, 0.1) is 18.0 Å². The molecule has 0 spiro atoms. The van der Waals surface area contributed by atoms with Crippen molar-refractivity contribution < 1.29 is 13.2 Å². The SMILES string of the molecule is CC(C)c1ccc(C(=O)NC2CCN(S(C)(=O)=O)c3ccccc32)cc1. The van der Waals surface area contributed by atoms with Crippen molar-refractivity contribution in [2.75, 3.05) is 17.1 Å². The van der Waals surface area contributed by atoms with Crippen LogP contribution in [-0.2, 0) is 10.0 Å². The second-order valence-corrected chi connectivity index (χ2v) is 8.89. The first-order valence-electron chi connectivity index (χ1n) is 8.75. The maximum atomic E-state index is 12.6. The molecule has 0 saturated heterocycles. The molecule has 26 heavy (non-hydrogen) atoms. The number of amides is 1. The minimum Gasteiger partial charge on any atom is -0.345 e. The molecule has 1 heterocycles. The number of sulfonamides is 1. The van der Waals surface area contributed by atoms with E-state index in [9.17, 15) is 13.2 Å². The minimum absolute atomic E-state index is 0.145. The summed E-state index contributed by atoms with van der Waals surface area (Å²) >= 11 is 0. The van der Waals surface area contributed by atoms with E-state index in [4.69, 9.17) is 0 Å². The van der Waals surface area contributed by atoms with Crippen LogP contribution in [0, 0.1) is 0 Å². The smallest absolute Gasteiger partial charge is 0.251 e. The van der Waals surface area contributed by atoms with E-state index in [-0.39, 0.29) is 11.9 Å². The summed E-state index contributed by atoms with van der Waals surface area (Å²) in [6, 6.07) is 14.7. The van der Waals surface area contributed by atoms with Crippen LogP contribution in [-0.4, -0.2) is 27.1 Å². The number of benzene rings is 2. The Labute approximate surface area is 155 Å². The number of carbonyl (C=O) groups is 1. The van der Waals surface area contributed by atoms with E-state index in [1.807, 2.05) is 42.5 Å². The van der Waals surface area contributed by atoms with Crippen LogP contribution < -0.4 is 9.62 Å². The Morgan fingerprint density at radius 1 is 1.12 bits per heavy atom. The Hall–Kier alpha value is -2.34. The molecule has 0 aliphatic carbocycles. The molecular formula is C20H24N2O3S. The van der Waals surface area contributed by atoms with Crippen LogP contribution in [0.3, 0.4) is 0 Å². The molecule has 3 rings (SSSR count). The summed E-state index contributed by atoms with van der Waals surface area (Å²) in [5, 5.41) is 3.05. The van der Waals surface area contributed by atoms with E-state index >= 15 is 0 Å². The molecule has 6 heteroatoms. The second kappa shape index (κ2) is 7.11. The van der Waals surface area contributed by atoms with E-state index in [1.165, 1.54) is 16.1 Å². The van der Waals surface area contributed by atoms with Crippen LogP contribution in [0.5, 0.6) is 0 Å². The molecule has 1 N–H and O–H groups in total. The lowest BCUT2D eigenvalue weighted by Crippen LogP contribution is -2.40. The van der Waals surface area contributed by atoms with Gasteiger partial charge in [0, 0.05) is 12.1 Å². The number of fused-ring (bicyclic) bond motifs is 1. The summed E-state index contributed by atoms with van der Waals surface area (Å²) in [5.74, 6) is 0.271. The quantitative estimate of drug-likeness (QED) is 0.894. The molecule has 2 aromatic carbocycles. The van der Waals surface area contributed by atoms with Gasteiger partial charge in [0.1, 0.15) is 0 Å². The molecule has 138 valence electrons. The molecule has 1 aliphatic rings. The predicted molar refractivity (Wildman–Crippen MR) is 104 cm³/mol. The summed E-state index contributed by atoms with van der Waals surface area (Å²) in [6.45, 7) is 4.58. The molecule has 0 aromatic heterocycles. The zero-order chi connectivity index (χ0) is 18.9. The van der Waals surface area contributed by atoms with Gasteiger partial charge in [-0.15, -0.1) is 0 Å². The van der Waals surface area contributed by atoms with Gasteiger partial charge in [0.2, 0.25) is 10.0 Å². The number of rotatable bonds is 4. The molecule has 1 amide bonds. The Kier molecular flexibility index (Phi) is 5.05. The van der Waals surface area contributed by atoms with Crippen LogP contribution in [0.25, 0.3) is 0 Å². The van der Waals surface area contributed by atoms with Crippen LogP contribution >= 0.6 is 0 Å². The number of nitrogens with one attached hydrogen (secondary N) is 1. The first-order valence-corrected chi connectivity index (χ1v) is 10.6. The van der Waals surface area contributed by atoms with Gasteiger partial charge < -0.3 is 5.32 Å². The van der Waals surface area contributed by atoms with Crippen molar-refractivity contribution in [3.63, 3.8) is 0 Å². The summed E-state index contributed by atoms with van der Waals surface area (Å²) in [7, 11) is -3.34. The third-order valence-electron chi connectivity index (χ3n) is 4.75. The Morgan fingerprint density at radius 3 is 2.38 bits per heavy atom. The second-order valence-electron chi connectivity index (χ2n) is 6.99. The topological polar surface area (TPSA) is 66.5 Å². The maximum absolute atomic E-state index is 12.6. The van der Waals surface area contributed by atoms with Gasteiger partial charge in [-0.25, -0.2) is 8.42 Å². The van der Waals surface area contributed by atoms with Crippen molar-refractivity contribution in [3.8, 4) is 0 Å². The monoisotopic (exact) mass is 372 g/mol. The summed E-state index contributed by atoms with van der Waals surface area (Å²) in [5.41, 5.74) is 3.27. The molecule has 1 atom stereocenters. The minimum atomic E-state index is -3.34. The summed E-state index contributed by atoms with van der Waals surface area (Å²) in [6.07, 6.45) is 1.75. The van der Waals surface area contributed by atoms with Gasteiger partial charge in [0.25, 0.3) is 5.91 Å². The Balaban J connectivity index is 1.83. The zero-order valence-corrected chi connectivity index (χ0v) is 16.1. The van der Waals surface area contributed by atoms with Crippen molar-refractivity contribution in [1.29, 1.82) is 0 Å². The number of hydrogen-bond donors (Lipinski definition) is 1. The average molecular weight is 372 g/mol. The van der Waals surface area contributed by atoms with Crippen LogP contribution in [0.2, 0.25) is 0 Å². The molecule has 5 nitrogen and oxygen atoms in total. The third-order valence-corrected chi connectivity index (χ3v) is 5.93. The van der Waals surface area contributed by atoms with Crippen molar-refractivity contribution in [2.45, 2.75) is 32.2 Å². The highest BCUT2D eigenvalue weighted by Gasteiger charge is 2.30. The highest BCUT2D eigenvalue weighted by atomic mass is 32.2. The molecule has 2 aromatic rings. The van der Waals surface area contributed by atoms with Gasteiger partial charge in [-0.2, -0.15) is 0 Å². The largest absolute Gasteiger partial charge is 0.345 e. The lowest BCUT2D eigenvalue weighted by atomic mass is 9.97. The van der Waals surface area contributed by atoms with Crippen molar-refractivity contribution in [1.82, 2.24) is 5.32 Å². The lowest BCUT2D eigenvalue weighted by Gasteiger charge is -2.34. The molecule has 0 bridgehead atoms. The molecule has 0 saturated carbocycles. The normalized spacial score (nSPS) is 17.1. The van der Waals surface area contributed by atoms with Crippen molar-refractivity contribution in [3.05, 3.63) is 65.2 Å². The van der Waals surface area contributed by atoms with Crippen LogP contribution in [0.15, 0.2) is 48.5 Å². The van der Waals surface area contributed by atoms with E-state index in [2.05, 4.69) is 19.2 Å². The standard InChI is InChI=1S/C20H24N2O3S/c1-14(2)15-8-10-16(11-9-15)20(23)21-18-12-13-22(26(3,24)25)19-7-5-4-6-17(18)19/h4-11,14,18H,12-13H2,1-3H3,(H,21,23). The Morgan fingerprint density at radius 2 is 1.77 bits per heavy atom. The highest BCUT2D eigenvalue weighted by molar-refractivity contribution is 7.92. The van der Waals surface area contributed by atoms with Gasteiger partial charge in [-0.1, -0.05) is 44.2 Å². The van der Waals surface area contributed by atoms with Crippen molar-refractivity contribution >= 4 is 21.6 Å². The number of nitrogens with zero attached hydrogens (tertiary/aromatic N) is 1. The fraction of sp³-hybridized carbons (Fsp3) is 0.350.